The zero-order valence-corrected chi connectivity index (χ0v) is 7.03. The SMILES string of the molecule is CSC1=[N+](C)CCN1C. The van der Waals surface area contributed by atoms with Crippen molar-refractivity contribution in [2.75, 3.05) is 33.4 Å². The van der Waals surface area contributed by atoms with E-state index in [1.165, 1.54) is 18.3 Å². The summed E-state index contributed by atoms with van der Waals surface area (Å²) in [4.78, 5) is 2.28. The lowest BCUT2D eigenvalue weighted by atomic mass is 10.6. The maximum absolute atomic E-state index is 2.28. The molecular formula is C6H13N2S+. The molecule has 0 saturated heterocycles. The minimum absolute atomic E-state index is 1.17. The predicted molar refractivity (Wildman–Crippen MR) is 42.2 cm³/mol. The van der Waals surface area contributed by atoms with E-state index in [2.05, 4.69) is 29.8 Å². The summed E-state index contributed by atoms with van der Waals surface area (Å²) in [6.45, 7) is 2.35. The molecule has 0 unspecified atom stereocenters. The Bertz CT molecular complexity index is 142. The quantitative estimate of drug-likeness (QED) is 0.452. The largest absolute Gasteiger partial charge is 0.307 e. The van der Waals surface area contributed by atoms with E-state index in [9.17, 15) is 0 Å². The molecule has 1 rings (SSSR count). The second-order valence-electron chi connectivity index (χ2n) is 2.33. The minimum Gasteiger partial charge on any atom is -0.255 e. The number of thioether (sulfide) groups is 1. The predicted octanol–water partition coefficient (Wildman–Crippen LogP) is 0.293. The summed E-state index contributed by atoms with van der Waals surface area (Å²) in [6.07, 6.45) is 2.12. The Balaban J connectivity index is 2.69. The van der Waals surface area contributed by atoms with Gasteiger partial charge in [0.2, 0.25) is 0 Å². The summed E-state index contributed by atoms with van der Waals surface area (Å²) >= 11 is 1.82. The molecule has 3 heteroatoms. The van der Waals surface area contributed by atoms with Crippen molar-refractivity contribution in [2.45, 2.75) is 0 Å². The van der Waals surface area contributed by atoms with E-state index in [4.69, 9.17) is 0 Å². The second-order valence-corrected chi connectivity index (χ2v) is 3.10. The smallest absolute Gasteiger partial charge is 0.255 e. The molecule has 1 aliphatic heterocycles. The molecule has 0 N–H and O–H groups in total. The Kier molecular flexibility index (Phi) is 2.01. The van der Waals surface area contributed by atoms with Gasteiger partial charge in [-0.25, -0.2) is 0 Å². The van der Waals surface area contributed by atoms with Crippen LogP contribution >= 0.6 is 11.8 Å². The van der Waals surface area contributed by atoms with Crippen molar-refractivity contribution in [3.8, 4) is 0 Å². The van der Waals surface area contributed by atoms with Crippen LogP contribution in [-0.2, 0) is 0 Å². The molecule has 0 spiro atoms. The molecule has 0 radical (unpaired) electrons. The third-order valence-electron chi connectivity index (χ3n) is 1.61. The van der Waals surface area contributed by atoms with Crippen molar-refractivity contribution in [1.82, 2.24) is 4.90 Å². The standard InChI is InChI=1S/C6H13N2S/c1-7-4-5-8(2)6(7)9-3/h4-5H2,1-3H3/q+1. The van der Waals surface area contributed by atoms with E-state index < -0.39 is 0 Å². The summed E-state index contributed by atoms with van der Waals surface area (Å²) in [5.74, 6) is 0. The number of rotatable bonds is 0. The van der Waals surface area contributed by atoms with Crippen LogP contribution in [0.1, 0.15) is 0 Å². The lowest BCUT2D eigenvalue weighted by Gasteiger charge is -2.01. The highest BCUT2D eigenvalue weighted by Crippen LogP contribution is 2.06. The highest BCUT2D eigenvalue weighted by atomic mass is 32.2. The highest BCUT2D eigenvalue weighted by Gasteiger charge is 2.22. The molecule has 0 bridgehead atoms. The fourth-order valence-electron chi connectivity index (χ4n) is 1.09. The van der Waals surface area contributed by atoms with Gasteiger partial charge in [0, 0.05) is 0 Å². The van der Waals surface area contributed by atoms with Gasteiger partial charge in [0.1, 0.15) is 13.1 Å². The van der Waals surface area contributed by atoms with E-state index >= 15 is 0 Å². The van der Waals surface area contributed by atoms with Gasteiger partial charge in [-0.1, -0.05) is 0 Å². The van der Waals surface area contributed by atoms with Gasteiger partial charge >= 0.3 is 5.17 Å². The lowest BCUT2D eigenvalue weighted by Crippen LogP contribution is -2.20. The van der Waals surface area contributed by atoms with Gasteiger partial charge in [-0.05, 0) is 18.0 Å². The maximum atomic E-state index is 2.28. The van der Waals surface area contributed by atoms with Crippen LogP contribution in [0, 0.1) is 0 Å². The van der Waals surface area contributed by atoms with Gasteiger partial charge < -0.3 is 0 Å². The fourth-order valence-corrected chi connectivity index (χ4v) is 1.90. The average Bonchev–Trinajstić information content (AvgIpc) is 2.12. The van der Waals surface area contributed by atoms with Crippen LogP contribution in [0.2, 0.25) is 0 Å². The first-order chi connectivity index (χ1) is 4.25. The van der Waals surface area contributed by atoms with Crippen molar-refractivity contribution in [1.29, 1.82) is 0 Å². The summed E-state index contributed by atoms with van der Waals surface area (Å²) in [5, 5.41) is 1.38. The number of nitrogens with zero attached hydrogens (tertiary/aromatic N) is 2. The highest BCUT2D eigenvalue weighted by molar-refractivity contribution is 8.12. The van der Waals surface area contributed by atoms with E-state index in [0.29, 0.717) is 0 Å². The first-order valence-electron chi connectivity index (χ1n) is 3.09. The van der Waals surface area contributed by atoms with Gasteiger partial charge in [-0.15, -0.1) is 0 Å². The summed E-state index contributed by atoms with van der Waals surface area (Å²) < 4.78 is 2.28. The van der Waals surface area contributed by atoms with Gasteiger partial charge in [-0.2, -0.15) is 0 Å². The molecule has 0 atom stereocenters. The van der Waals surface area contributed by atoms with Crippen LogP contribution in [0.15, 0.2) is 0 Å². The van der Waals surface area contributed by atoms with Crippen molar-refractivity contribution in [3.05, 3.63) is 0 Å². The van der Waals surface area contributed by atoms with Crippen LogP contribution in [0.5, 0.6) is 0 Å². The van der Waals surface area contributed by atoms with Gasteiger partial charge in [0.05, 0.1) is 14.1 Å². The molecule has 9 heavy (non-hydrogen) atoms. The molecule has 1 heterocycles. The van der Waals surface area contributed by atoms with E-state index in [1.54, 1.807) is 0 Å². The Labute approximate surface area is 60.5 Å². The molecule has 0 amide bonds. The van der Waals surface area contributed by atoms with Crippen LogP contribution in [0.25, 0.3) is 0 Å². The molecule has 0 aromatic carbocycles. The van der Waals surface area contributed by atoms with Gasteiger partial charge in [0.25, 0.3) is 0 Å². The Morgan fingerprint density at radius 3 is 2.56 bits per heavy atom. The van der Waals surface area contributed by atoms with Crippen LogP contribution in [0.4, 0.5) is 0 Å². The zero-order valence-electron chi connectivity index (χ0n) is 6.22. The maximum Gasteiger partial charge on any atom is 0.307 e. The zero-order chi connectivity index (χ0) is 6.85. The van der Waals surface area contributed by atoms with Crippen LogP contribution in [-0.4, -0.2) is 48.1 Å². The molecule has 0 aromatic heterocycles. The Morgan fingerprint density at radius 1 is 1.67 bits per heavy atom. The molecule has 1 aliphatic rings. The molecule has 2 nitrogen and oxygen atoms in total. The lowest BCUT2D eigenvalue weighted by molar-refractivity contribution is -0.483. The van der Waals surface area contributed by atoms with Crippen molar-refractivity contribution >= 4 is 16.9 Å². The normalized spacial score (nSPS) is 19.7. The first kappa shape index (κ1) is 6.93. The van der Waals surface area contributed by atoms with Crippen molar-refractivity contribution < 1.29 is 4.58 Å². The molecule has 0 saturated carbocycles. The Hall–Kier alpha value is -0.180. The van der Waals surface area contributed by atoms with Crippen LogP contribution in [0.3, 0.4) is 0 Å². The topological polar surface area (TPSA) is 6.25 Å². The van der Waals surface area contributed by atoms with E-state index in [1.807, 2.05) is 11.8 Å². The molecule has 0 aromatic rings. The molecule has 0 aliphatic carbocycles. The fraction of sp³-hybridized carbons (Fsp3) is 0.833. The average molecular weight is 145 g/mol. The number of amidine groups is 1. The van der Waals surface area contributed by atoms with Crippen molar-refractivity contribution in [3.63, 3.8) is 0 Å². The summed E-state index contributed by atoms with van der Waals surface area (Å²) in [5.41, 5.74) is 0. The minimum atomic E-state index is 1.17. The molecule has 0 fully saturated rings. The third kappa shape index (κ3) is 1.21. The monoisotopic (exact) mass is 145 g/mol. The van der Waals surface area contributed by atoms with Crippen molar-refractivity contribution in [2.24, 2.45) is 0 Å². The Morgan fingerprint density at radius 2 is 2.33 bits per heavy atom. The number of hydrogen-bond acceptors (Lipinski definition) is 2. The summed E-state index contributed by atoms with van der Waals surface area (Å²) in [6, 6.07) is 0. The van der Waals surface area contributed by atoms with Gasteiger partial charge in [0.15, 0.2) is 0 Å². The summed E-state index contributed by atoms with van der Waals surface area (Å²) in [7, 11) is 4.27. The number of likely N-dealkylation sites (N-methyl/N-ethyl adjacent to an activating group) is 2. The molecule has 52 valence electrons. The van der Waals surface area contributed by atoms with Gasteiger partial charge in [-0.3, -0.25) is 9.48 Å². The first-order valence-corrected chi connectivity index (χ1v) is 4.31. The molecular weight excluding hydrogens is 132 g/mol. The van der Waals surface area contributed by atoms with E-state index in [-0.39, 0.29) is 0 Å². The van der Waals surface area contributed by atoms with Crippen LogP contribution < -0.4 is 0 Å². The van der Waals surface area contributed by atoms with E-state index in [0.717, 1.165) is 0 Å². The third-order valence-corrected chi connectivity index (χ3v) is 2.59. The number of hydrogen-bond donors (Lipinski definition) is 0. The second kappa shape index (κ2) is 2.60.